The van der Waals surface area contributed by atoms with Gasteiger partial charge in [0.1, 0.15) is 11.4 Å². The minimum Gasteiger partial charge on any atom is -0.392 e. The van der Waals surface area contributed by atoms with E-state index in [1.165, 1.54) is 6.07 Å². The smallest absolute Gasteiger partial charge is 0.290 e. The van der Waals surface area contributed by atoms with Crippen LogP contribution in [-0.2, 0) is 19.0 Å². The van der Waals surface area contributed by atoms with Crippen molar-refractivity contribution in [2.45, 2.75) is 25.4 Å². The largest absolute Gasteiger partial charge is 0.392 e. The first kappa shape index (κ1) is 10.9. The second-order valence-corrected chi connectivity index (χ2v) is 3.72. The van der Waals surface area contributed by atoms with E-state index >= 15 is 0 Å². The molecule has 0 saturated carbocycles. The number of nitrogens with two attached hydrogens (primary N) is 1. The fourth-order valence-corrected chi connectivity index (χ4v) is 1.87. The summed E-state index contributed by atoms with van der Waals surface area (Å²) in [5.41, 5.74) is 4.97. The number of carbonyl (C=O) groups is 1. The molecule has 0 atom stereocenters. The Kier molecular flexibility index (Phi) is 2.38. The fourth-order valence-electron chi connectivity index (χ4n) is 1.87. The zero-order chi connectivity index (χ0) is 11.9. The van der Waals surface area contributed by atoms with Crippen LogP contribution in [0.5, 0.6) is 0 Å². The zero-order valence-electron chi connectivity index (χ0n) is 8.33. The third-order valence-corrected chi connectivity index (χ3v) is 2.67. The molecule has 0 bridgehead atoms. The molecule has 16 heavy (non-hydrogen) atoms. The van der Waals surface area contributed by atoms with Gasteiger partial charge in [-0.15, -0.1) is 0 Å². The average Bonchev–Trinajstić information content (AvgIpc) is 2.54. The highest BCUT2D eigenvalue weighted by Crippen LogP contribution is 2.41. The number of primary amides is 1. The van der Waals surface area contributed by atoms with Crippen molar-refractivity contribution >= 4 is 5.91 Å². The number of aliphatic hydroxyl groups is 1. The van der Waals surface area contributed by atoms with Crippen molar-refractivity contribution in [2.24, 2.45) is 5.73 Å². The molecule has 86 valence electrons. The van der Waals surface area contributed by atoms with Crippen molar-refractivity contribution in [3.8, 4) is 0 Å². The first-order chi connectivity index (χ1) is 7.45. The van der Waals surface area contributed by atoms with E-state index in [1.54, 1.807) is 0 Å². The van der Waals surface area contributed by atoms with Crippen molar-refractivity contribution in [1.82, 2.24) is 4.98 Å². The number of nitrogens with zero attached hydrogens (tertiary/aromatic N) is 1. The Morgan fingerprint density at radius 1 is 1.62 bits per heavy atom. The topological polar surface area (TPSA) is 76.2 Å². The van der Waals surface area contributed by atoms with Crippen LogP contribution in [0, 0.1) is 0 Å². The second-order valence-electron chi connectivity index (χ2n) is 3.72. The number of pyridine rings is 1. The van der Waals surface area contributed by atoms with Gasteiger partial charge < -0.3 is 10.8 Å². The van der Waals surface area contributed by atoms with Crippen LogP contribution in [0.15, 0.2) is 6.07 Å². The van der Waals surface area contributed by atoms with Crippen LogP contribution in [0.3, 0.4) is 0 Å². The van der Waals surface area contributed by atoms with Gasteiger partial charge in [-0.25, -0.2) is 4.98 Å². The molecular weight excluding hydrogens is 218 g/mol. The van der Waals surface area contributed by atoms with Gasteiger partial charge >= 0.3 is 0 Å². The lowest BCUT2D eigenvalue weighted by Crippen LogP contribution is -2.18. The summed E-state index contributed by atoms with van der Waals surface area (Å²) in [7, 11) is 0. The zero-order valence-corrected chi connectivity index (χ0v) is 8.33. The third kappa shape index (κ3) is 1.55. The van der Waals surface area contributed by atoms with Crippen LogP contribution >= 0.6 is 0 Å². The highest BCUT2D eigenvalue weighted by Gasteiger charge is 2.42. The molecule has 0 fully saturated rings. The van der Waals surface area contributed by atoms with Gasteiger partial charge in [-0.1, -0.05) is 0 Å². The molecule has 1 heterocycles. The molecule has 1 aromatic rings. The van der Waals surface area contributed by atoms with E-state index in [4.69, 9.17) is 10.8 Å². The number of hydrogen-bond acceptors (Lipinski definition) is 3. The maximum absolute atomic E-state index is 13.4. The number of carbonyl (C=O) groups excluding carboxylic acids is 1. The SMILES string of the molecule is NC(=O)c1cc(CO)c2c(n1)C(F)(F)CC2. The Hall–Kier alpha value is -1.56. The summed E-state index contributed by atoms with van der Waals surface area (Å²) >= 11 is 0. The Morgan fingerprint density at radius 2 is 2.31 bits per heavy atom. The molecule has 0 aromatic carbocycles. The van der Waals surface area contributed by atoms with E-state index in [-0.39, 0.29) is 18.5 Å². The number of rotatable bonds is 2. The summed E-state index contributed by atoms with van der Waals surface area (Å²) in [5.74, 6) is -3.91. The minimum atomic E-state index is -3.04. The van der Waals surface area contributed by atoms with Gasteiger partial charge in [0, 0.05) is 6.42 Å². The number of fused-ring (bicyclic) bond motifs is 1. The molecular formula is C10H10F2N2O2. The van der Waals surface area contributed by atoms with Crippen LogP contribution in [0.4, 0.5) is 8.78 Å². The average molecular weight is 228 g/mol. The van der Waals surface area contributed by atoms with Crippen molar-refractivity contribution < 1.29 is 18.7 Å². The van der Waals surface area contributed by atoms with Crippen LogP contribution in [-0.4, -0.2) is 16.0 Å². The van der Waals surface area contributed by atoms with Crippen molar-refractivity contribution in [3.05, 3.63) is 28.6 Å². The summed E-state index contributed by atoms with van der Waals surface area (Å²) in [6, 6.07) is 1.27. The normalized spacial score (nSPS) is 17.2. The summed E-state index contributed by atoms with van der Waals surface area (Å²) in [6.45, 7) is -0.402. The Labute approximate surface area is 90.1 Å². The molecule has 3 N–H and O–H groups in total. The Balaban J connectivity index is 2.64. The van der Waals surface area contributed by atoms with Crippen LogP contribution < -0.4 is 5.73 Å². The summed E-state index contributed by atoms with van der Waals surface area (Å²) in [6.07, 6.45) is -0.186. The fraction of sp³-hybridized carbons (Fsp3) is 0.400. The highest BCUT2D eigenvalue weighted by atomic mass is 19.3. The lowest BCUT2D eigenvalue weighted by molar-refractivity contribution is -0.00602. The summed E-state index contributed by atoms with van der Waals surface area (Å²) in [5, 5.41) is 9.05. The second kappa shape index (κ2) is 3.48. The standard InChI is InChI=1S/C10H10F2N2O2/c11-10(12)2-1-6-5(4-15)3-7(9(13)16)14-8(6)10/h3,15H,1-2,4H2,(H2,13,16). The van der Waals surface area contributed by atoms with Gasteiger partial charge in [-0.05, 0) is 23.6 Å². The first-order valence-corrected chi connectivity index (χ1v) is 4.77. The van der Waals surface area contributed by atoms with Crippen molar-refractivity contribution in [1.29, 1.82) is 0 Å². The van der Waals surface area contributed by atoms with Gasteiger partial charge in [0.2, 0.25) is 0 Å². The molecule has 1 aliphatic rings. The summed E-state index contributed by atoms with van der Waals surface area (Å²) < 4.78 is 26.8. The van der Waals surface area contributed by atoms with Crippen LogP contribution in [0.2, 0.25) is 0 Å². The lowest BCUT2D eigenvalue weighted by atomic mass is 10.1. The molecule has 0 unspecified atom stereocenters. The molecule has 6 heteroatoms. The summed E-state index contributed by atoms with van der Waals surface area (Å²) in [4.78, 5) is 14.5. The third-order valence-electron chi connectivity index (χ3n) is 2.67. The molecule has 2 rings (SSSR count). The predicted molar refractivity (Wildman–Crippen MR) is 50.9 cm³/mol. The van der Waals surface area contributed by atoms with Gasteiger partial charge in [0.05, 0.1) is 6.61 Å². The quantitative estimate of drug-likeness (QED) is 0.782. The lowest BCUT2D eigenvalue weighted by Gasteiger charge is -2.11. The Morgan fingerprint density at radius 3 is 2.88 bits per heavy atom. The van der Waals surface area contributed by atoms with Gasteiger partial charge in [0.25, 0.3) is 11.8 Å². The minimum absolute atomic E-state index is 0.157. The monoisotopic (exact) mass is 228 g/mol. The van der Waals surface area contributed by atoms with E-state index in [0.717, 1.165) is 0 Å². The predicted octanol–water partition coefficient (Wildman–Crippen LogP) is 0.711. The molecule has 0 radical (unpaired) electrons. The van der Waals surface area contributed by atoms with Crippen LogP contribution in [0.25, 0.3) is 0 Å². The number of amides is 1. The van der Waals surface area contributed by atoms with Crippen molar-refractivity contribution in [3.63, 3.8) is 0 Å². The maximum atomic E-state index is 13.4. The van der Waals surface area contributed by atoms with Gasteiger partial charge in [0.15, 0.2) is 0 Å². The number of alkyl halides is 2. The van der Waals surface area contributed by atoms with Crippen molar-refractivity contribution in [2.75, 3.05) is 0 Å². The van der Waals surface area contributed by atoms with E-state index in [0.29, 0.717) is 11.1 Å². The van der Waals surface area contributed by atoms with Crippen LogP contribution in [0.1, 0.15) is 33.7 Å². The van der Waals surface area contributed by atoms with E-state index in [9.17, 15) is 13.6 Å². The molecule has 0 spiro atoms. The van der Waals surface area contributed by atoms with Gasteiger partial charge in [-0.3, -0.25) is 4.79 Å². The molecule has 1 amide bonds. The number of hydrogen-bond donors (Lipinski definition) is 2. The van der Waals surface area contributed by atoms with E-state index in [1.807, 2.05) is 0 Å². The first-order valence-electron chi connectivity index (χ1n) is 4.77. The van der Waals surface area contributed by atoms with E-state index in [2.05, 4.69) is 4.98 Å². The molecule has 0 saturated heterocycles. The maximum Gasteiger partial charge on any atom is 0.290 e. The number of halogens is 2. The highest BCUT2D eigenvalue weighted by molar-refractivity contribution is 5.91. The molecule has 1 aromatic heterocycles. The Bertz CT molecular complexity index is 460. The van der Waals surface area contributed by atoms with E-state index < -0.39 is 24.1 Å². The van der Waals surface area contributed by atoms with Gasteiger partial charge in [-0.2, -0.15) is 8.78 Å². The number of aliphatic hydroxyl groups excluding tert-OH is 1. The molecule has 4 nitrogen and oxygen atoms in total. The number of aromatic nitrogens is 1. The molecule has 0 aliphatic heterocycles. The molecule has 1 aliphatic carbocycles.